The fourth-order valence-electron chi connectivity index (χ4n) is 1.86. The Balaban J connectivity index is 2.26. The SMILES string of the molecule is N/C(=N/O)C1(C(=O)Nc2cc(C(F)(F)F)ccc2F)CC1. The summed E-state index contributed by atoms with van der Waals surface area (Å²) in [5.74, 6) is -2.17. The summed E-state index contributed by atoms with van der Waals surface area (Å²) in [6.07, 6.45) is -4.11. The van der Waals surface area contributed by atoms with E-state index in [4.69, 9.17) is 10.9 Å². The van der Waals surface area contributed by atoms with Gasteiger partial charge in [0.2, 0.25) is 5.91 Å². The van der Waals surface area contributed by atoms with Crippen LogP contribution in [0.15, 0.2) is 23.4 Å². The van der Waals surface area contributed by atoms with E-state index in [0.717, 1.165) is 0 Å². The van der Waals surface area contributed by atoms with Crippen LogP contribution in [0.1, 0.15) is 18.4 Å². The lowest BCUT2D eigenvalue weighted by Crippen LogP contribution is -2.36. The van der Waals surface area contributed by atoms with Crippen molar-refractivity contribution in [2.75, 3.05) is 5.32 Å². The highest BCUT2D eigenvalue weighted by molar-refractivity contribution is 6.14. The maximum atomic E-state index is 13.5. The highest BCUT2D eigenvalue weighted by atomic mass is 19.4. The molecule has 0 bridgehead atoms. The number of anilines is 1. The van der Waals surface area contributed by atoms with Crippen molar-refractivity contribution >= 4 is 17.4 Å². The first-order chi connectivity index (χ1) is 9.70. The molecule has 1 aromatic rings. The Kier molecular flexibility index (Phi) is 3.52. The highest BCUT2D eigenvalue weighted by Crippen LogP contribution is 2.47. The van der Waals surface area contributed by atoms with Gasteiger partial charge in [-0.25, -0.2) is 4.39 Å². The highest BCUT2D eigenvalue weighted by Gasteiger charge is 2.54. The summed E-state index contributed by atoms with van der Waals surface area (Å²) in [6.45, 7) is 0. The average Bonchev–Trinajstić information content (AvgIpc) is 3.20. The molecule has 0 radical (unpaired) electrons. The Morgan fingerprint density at radius 2 is 2.00 bits per heavy atom. The van der Waals surface area contributed by atoms with Gasteiger partial charge in [-0.05, 0) is 31.0 Å². The zero-order chi connectivity index (χ0) is 15.8. The summed E-state index contributed by atoms with van der Waals surface area (Å²) in [7, 11) is 0. The molecule has 1 saturated carbocycles. The molecular formula is C12H11F4N3O2. The van der Waals surface area contributed by atoms with E-state index >= 15 is 0 Å². The molecule has 0 unspecified atom stereocenters. The molecule has 0 saturated heterocycles. The molecule has 2 rings (SSSR count). The number of alkyl halides is 3. The van der Waals surface area contributed by atoms with Crippen LogP contribution in [0.5, 0.6) is 0 Å². The molecular weight excluding hydrogens is 294 g/mol. The van der Waals surface area contributed by atoms with Crippen molar-refractivity contribution in [3.63, 3.8) is 0 Å². The van der Waals surface area contributed by atoms with Crippen LogP contribution in [0.2, 0.25) is 0 Å². The van der Waals surface area contributed by atoms with Crippen LogP contribution in [0.3, 0.4) is 0 Å². The summed E-state index contributed by atoms with van der Waals surface area (Å²) in [6, 6.07) is 1.68. The average molecular weight is 305 g/mol. The molecule has 0 aliphatic heterocycles. The number of amidine groups is 1. The number of nitrogens with one attached hydrogen (secondary N) is 1. The van der Waals surface area contributed by atoms with E-state index in [9.17, 15) is 22.4 Å². The van der Waals surface area contributed by atoms with Crippen molar-refractivity contribution < 1.29 is 27.6 Å². The molecule has 5 nitrogen and oxygen atoms in total. The number of amides is 1. The number of hydrogen-bond donors (Lipinski definition) is 3. The summed E-state index contributed by atoms with van der Waals surface area (Å²) < 4.78 is 51.2. The van der Waals surface area contributed by atoms with E-state index in [1.54, 1.807) is 0 Å². The molecule has 1 aromatic carbocycles. The monoisotopic (exact) mass is 305 g/mol. The largest absolute Gasteiger partial charge is 0.416 e. The van der Waals surface area contributed by atoms with Crippen molar-refractivity contribution in [2.45, 2.75) is 19.0 Å². The summed E-state index contributed by atoms with van der Waals surface area (Å²) in [5.41, 5.74) is 2.39. The van der Waals surface area contributed by atoms with Crippen LogP contribution in [-0.2, 0) is 11.0 Å². The predicted molar refractivity (Wildman–Crippen MR) is 65.1 cm³/mol. The van der Waals surface area contributed by atoms with Gasteiger partial charge in [-0.3, -0.25) is 4.79 Å². The Morgan fingerprint density at radius 1 is 1.38 bits per heavy atom. The van der Waals surface area contributed by atoms with Crippen LogP contribution >= 0.6 is 0 Å². The zero-order valence-electron chi connectivity index (χ0n) is 10.5. The lowest BCUT2D eigenvalue weighted by Gasteiger charge is -2.15. The van der Waals surface area contributed by atoms with Gasteiger partial charge in [0.1, 0.15) is 11.2 Å². The third-order valence-electron chi connectivity index (χ3n) is 3.32. The Bertz CT molecular complexity index is 609. The lowest BCUT2D eigenvalue weighted by molar-refractivity contribution is -0.137. The maximum absolute atomic E-state index is 13.5. The normalized spacial score (nSPS) is 17.4. The van der Waals surface area contributed by atoms with Crippen molar-refractivity contribution in [3.8, 4) is 0 Å². The molecule has 1 aliphatic rings. The minimum atomic E-state index is -4.66. The molecule has 0 aromatic heterocycles. The number of hydrogen-bond acceptors (Lipinski definition) is 3. The molecule has 1 amide bonds. The van der Waals surface area contributed by atoms with Gasteiger partial charge in [-0.15, -0.1) is 0 Å². The van der Waals surface area contributed by atoms with Crippen LogP contribution in [0, 0.1) is 11.2 Å². The number of halogens is 4. The first-order valence-corrected chi connectivity index (χ1v) is 5.87. The van der Waals surface area contributed by atoms with Crippen molar-refractivity contribution in [2.24, 2.45) is 16.3 Å². The maximum Gasteiger partial charge on any atom is 0.416 e. The third-order valence-corrected chi connectivity index (χ3v) is 3.32. The second-order valence-electron chi connectivity index (χ2n) is 4.71. The van der Waals surface area contributed by atoms with Crippen molar-refractivity contribution in [1.82, 2.24) is 0 Å². The van der Waals surface area contributed by atoms with Crippen LogP contribution in [0.25, 0.3) is 0 Å². The van der Waals surface area contributed by atoms with Gasteiger partial charge in [0, 0.05) is 0 Å². The lowest BCUT2D eigenvalue weighted by atomic mass is 10.0. The minimum Gasteiger partial charge on any atom is -0.409 e. The molecule has 0 atom stereocenters. The third kappa shape index (κ3) is 2.76. The van der Waals surface area contributed by atoms with Gasteiger partial charge in [0.25, 0.3) is 0 Å². The number of nitrogens with zero attached hydrogens (tertiary/aromatic N) is 1. The predicted octanol–water partition coefficient (Wildman–Crippen LogP) is 2.31. The Labute approximate surface area is 116 Å². The molecule has 1 aliphatic carbocycles. The van der Waals surface area contributed by atoms with Crippen molar-refractivity contribution in [3.05, 3.63) is 29.6 Å². The topological polar surface area (TPSA) is 87.7 Å². The van der Waals surface area contributed by atoms with E-state index in [2.05, 4.69) is 10.5 Å². The summed E-state index contributed by atoms with van der Waals surface area (Å²) in [5, 5.41) is 13.4. The number of oxime groups is 1. The first kappa shape index (κ1) is 15.1. The number of rotatable bonds is 3. The van der Waals surface area contributed by atoms with E-state index in [1.807, 2.05) is 0 Å². The number of carbonyl (C=O) groups excluding carboxylic acids is 1. The molecule has 114 valence electrons. The smallest absolute Gasteiger partial charge is 0.409 e. The summed E-state index contributed by atoms with van der Waals surface area (Å²) >= 11 is 0. The van der Waals surface area contributed by atoms with Gasteiger partial charge < -0.3 is 16.3 Å². The van der Waals surface area contributed by atoms with Gasteiger partial charge in [-0.2, -0.15) is 13.2 Å². The fourth-order valence-corrected chi connectivity index (χ4v) is 1.86. The number of carbonyl (C=O) groups is 1. The quantitative estimate of drug-likeness (QED) is 0.263. The van der Waals surface area contributed by atoms with Gasteiger partial charge in [0.15, 0.2) is 5.84 Å². The Morgan fingerprint density at radius 3 is 2.48 bits per heavy atom. The molecule has 21 heavy (non-hydrogen) atoms. The molecule has 0 spiro atoms. The van der Waals surface area contributed by atoms with Crippen molar-refractivity contribution in [1.29, 1.82) is 0 Å². The molecule has 4 N–H and O–H groups in total. The number of nitrogens with two attached hydrogens (primary N) is 1. The van der Waals surface area contributed by atoms with Gasteiger partial charge in [-0.1, -0.05) is 5.16 Å². The second kappa shape index (κ2) is 4.90. The van der Waals surface area contributed by atoms with Gasteiger partial charge in [0.05, 0.1) is 11.3 Å². The molecule has 1 fully saturated rings. The number of benzene rings is 1. The second-order valence-corrected chi connectivity index (χ2v) is 4.71. The zero-order valence-corrected chi connectivity index (χ0v) is 10.5. The van der Waals surface area contributed by atoms with E-state index < -0.39 is 34.6 Å². The standard InChI is InChI=1S/C12H11F4N3O2/c13-7-2-1-6(12(14,15)16)5-8(7)18-10(20)11(3-4-11)9(17)19-21/h1-2,5,21H,3-4H2,(H2,17,19)(H,18,20). The van der Waals surface area contributed by atoms with Crippen LogP contribution in [0.4, 0.5) is 23.2 Å². The Hall–Kier alpha value is -2.32. The summed E-state index contributed by atoms with van der Waals surface area (Å²) in [4.78, 5) is 12.0. The van der Waals surface area contributed by atoms with E-state index in [-0.39, 0.29) is 18.7 Å². The van der Waals surface area contributed by atoms with Crippen LogP contribution < -0.4 is 11.1 Å². The van der Waals surface area contributed by atoms with Gasteiger partial charge >= 0.3 is 6.18 Å². The van der Waals surface area contributed by atoms with E-state index in [0.29, 0.717) is 18.2 Å². The van der Waals surface area contributed by atoms with E-state index in [1.165, 1.54) is 0 Å². The molecule has 9 heteroatoms. The van der Waals surface area contributed by atoms with Crippen LogP contribution in [-0.4, -0.2) is 17.0 Å². The molecule has 0 heterocycles. The minimum absolute atomic E-state index is 0.273. The fraction of sp³-hybridized carbons (Fsp3) is 0.333. The first-order valence-electron chi connectivity index (χ1n) is 5.87.